The Balaban J connectivity index is 1.53. The topological polar surface area (TPSA) is 16.1 Å². The zero-order valence-electron chi connectivity index (χ0n) is 14.9. The van der Waals surface area contributed by atoms with Crippen LogP contribution < -0.4 is 4.90 Å². The minimum absolute atomic E-state index is 0.890. The van der Waals surface area contributed by atoms with Gasteiger partial charge in [0.1, 0.15) is 0 Å². The molecule has 0 aliphatic heterocycles. The number of aromatic nitrogens is 1. The highest BCUT2D eigenvalue weighted by Gasteiger charge is 2.11. The van der Waals surface area contributed by atoms with E-state index in [9.17, 15) is 0 Å². The molecule has 0 saturated carbocycles. The summed E-state index contributed by atoms with van der Waals surface area (Å²) in [5, 5.41) is 3.71. The van der Waals surface area contributed by atoms with Crippen LogP contribution >= 0.6 is 11.3 Å². The highest BCUT2D eigenvalue weighted by atomic mass is 32.1. The highest BCUT2D eigenvalue weighted by molar-refractivity contribution is 7.15. The minimum atomic E-state index is 0.890. The van der Waals surface area contributed by atoms with E-state index in [2.05, 4.69) is 89.6 Å². The van der Waals surface area contributed by atoms with Crippen LogP contribution in [0.25, 0.3) is 10.8 Å². The standard InChI is InChI=1S/C23H22N2S/c1-18-16-24-23(26-18)25(17-20-7-3-2-4-8-20)14-13-19-11-12-21-9-5-6-10-22(21)15-19/h2-12,15-16H,13-14,17H2,1H3. The molecule has 1 heterocycles. The molecule has 0 saturated heterocycles. The third kappa shape index (κ3) is 3.94. The van der Waals surface area contributed by atoms with Gasteiger partial charge >= 0.3 is 0 Å². The van der Waals surface area contributed by atoms with E-state index in [0.717, 1.165) is 24.6 Å². The Morgan fingerprint density at radius 2 is 1.62 bits per heavy atom. The Morgan fingerprint density at radius 1 is 0.846 bits per heavy atom. The molecule has 0 amide bonds. The number of fused-ring (bicyclic) bond motifs is 1. The second-order valence-corrected chi connectivity index (χ2v) is 7.81. The van der Waals surface area contributed by atoms with Gasteiger partial charge in [-0.2, -0.15) is 0 Å². The van der Waals surface area contributed by atoms with Crippen LogP contribution in [-0.2, 0) is 13.0 Å². The first kappa shape index (κ1) is 16.8. The molecule has 4 aromatic rings. The molecule has 0 aliphatic carbocycles. The van der Waals surface area contributed by atoms with Gasteiger partial charge in [-0.3, -0.25) is 0 Å². The number of benzene rings is 3. The maximum atomic E-state index is 4.62. The lowest BCUT2D eigenvalue weighted by atomic mass is 10.0. The number of hydrogen-bond acceptors (Lipinski definition) is 3. The van der Waals surface area contributed by atoms with Crippen molar-refractivity contribution in [3.63, 3.8) is 0 Å². The van der Waals surface area contributed by atoms with Crippen molar-refractivity contribution < 1.29 is 0 Å². The zero-order valence-corrected chi connectivity index (χ0v) is 15.7. The van der Waals surface area contributed by atoms with Gasteiger partial charge in [-0.15, -0.1) is 11.3 Å². The Kier molecular flexibility index (Phi) is 4.98. The third-order valence-corrected chi connectivity index (χ3v) is 5.55. The van der Waals surface area contributed by atoms with Crippen LogP contribution in [0.3, 0.4) is 0 Å². The van der Waals surface area contributed by atoms with E-state index in [1.807, 2.05) is 6.20 Å². The van der Waals surface area contributed by atoms with Crippen molar-refractivity contribution in [2.75, 3.05) is 11.4 Å². The van der Waals surface area contributed by atoms with Gasteiger partial charge in [0.15, 0.2) is 5.13 Å². The third-order valence-electron chi connectivity index (χ3n) is 4.58. The maximum Gasteiger partial charge on any atom is 0.185 e. The molecule has 3 aromatic carbocycles. The molecule has 0 aliphatic rings. The Labute approximate surface area is 158 Å². The van der Waals surface area contributed by atoms with Crippen molar-refractivity contribution in [2.45, 2.75) is 19.9 Å². The molecule has 0 bridgehead atoms. The first-order valence-corrected chi connectivity index (χ1v) is 9.78. The largest absolute Gasteiger partial charge is 0.343 e. The van der Waals surface area contributed by atoms with Crippen molar-refractivity contribution in [3.8, 4) is 0 Å². The second kappa shape index (κ2) is 7.71. The van der Waals surface area contributed by atoms with E-state index >= 15 is 0 Å². The summed E-state index contributed by atoms with van der Waals surface area (Å²) in [4.78, 5) is 8.26. The molecular weight excluding hydrogens is 336 g/mol. The fourth-order valence-corrected chi connectivity index (χ4v) is 3.98. The van der Waals surface area contributed by atoms with Crippen LogP contribution in [-0.4, -0.2) is 11.5 Å². The van der Waals surface area contributed by atoms with E-state index in [4.69, 9.17) is 0 Å². The minimum Gasteiger partial charge on any atom is -0.343 e. The van der Waals surface area contributed by atoms with E-state index in [-0.39, 0.29) is 0 Å². The van der Waals surface area contributed by atoms with Gasteiger partial charge in [0, 0.05) is 24.2 Å². The average Bonchev–Trinajstić information content (AvgIpc) is 3.12. The number of anilines is 1. The smallest absolute Gasteiger partial charge is 0.185 e. The van der Waals surface area contributed by atoms with Gasteiger partial charge in [0.25, 0.3) is 0 Å². The lowest BCUT2D eigenvalue weighted by Gasteiger charge is -2.22. The summed E-state index contributed by atoms with van der Waals surface area (Å²) in [7, 11) is 0. The molecule has 4 rings (SSSR count). The molecule has 26 heavy (non-hydrogen) atoms. The molecular formula is C23H22N2S. The van der Waals surface area contributed by atoms with Crippen LogP contribution in [0.5, 0.6) is 0 Å². The average molecular weight is 359 g/mol. The lowest BCUT2D eigenvalue weighted by Crippen LogP contribution is -2.25. The number of thiazole rings is 1. The predicted molar refractivity (Wildman–Crippen MR) is 112 cm³/mol. The Morgan fingerprint density at radius 3 is 2.38 bits per heavy atom. The molecule has 3 heteroatoms. The second-order valence-electron chi connectivity index (χ2n) is 6.59. The molecule has 130 valence electrons. The molecule has 1 aromatic heterocycles. The fourth-order valence-electron chi connectivity index (χ4n) is 3.19. The maximum absolute atomic E-state index is 4.62. The van der Waals surface area contributed by atoms with Crippen LogP contribution in [0.1, 0.15) is 16.0 Å². The summed E-state index contributed by atoms with van der Waals surface area (Å²) < 4.78 is 0. The number of aryl methyl sites for hydroxylation is 1. The zero-order chi connectivity index (χ0) is 17.8. The summed E-state index contributed by atoms with van der Waals surface area (Å²) in [6.07, 6.45) is 2.98. The summed E-state index contributed by atoms with van der Waals surface area (Å²) >= 11 is 1.77. The van der Waals surface area contributed by atoms with Crippen molar-refractivity contribution in [3.05, 3.63) is 95.0 Å². The van der Waals surface area contributed by atoms with Crippen LogP contribution in [0, 0.1) is 6.92 Å². The number of hydrogen-bond donors (Lipinski definition) is 0. The van der Waals surface area contributed by atoms with Gasteiger partial charge in [0.2, 0.25) is 0 Å². The summed E-state index contributed by atoms with van der Waals surface area (Å²) in [6.45, 7) is 3.97. The number of nitrogens with zero attached hydrogens (tertiary/aromatic N) is 2. The normalized spacial score (nSPS) is 11.0. The summed E-state index contributed by atoms with van der Waals surface area (Å²) in [5.41, 5.74) is 2.69. The van der Waals surface area contributed by atoms with Crippen molar-refractivity contribution in [1.29, 1.82) is 0 Å². The molecule has 0 spiro atoms. The van der Waals surface area contributed by atoms with E-state index in [1.165, 1.54) is 26.8 Å². The SMILES string of the molecule is Cc1cnc(N(CCc2ccc3ccccc3c2)Cc2ccccc2)s1. The molecule has 0 atom stereocenters. The van der Waals surface area contributed by atoms with Crippen LogP contribution in [0.15, 0.2) is 79.0 Å². The van der Waals surface area contributed by atoms with Crippen molar-refractivity contribution >= 4 is 27.2 Å². The lowest BCUT2D eigenvalue weighted by molar-refractivity contribution is 0.779. The van der Waals surface area contributed by atoms with Gasteiger partial charge in [-0.1, -0.05) is 72.8 Å². The monoisotopic (exact) mass is 358 g/mol. The van der Waals surface area contributed by atoms with Crippen molar-refractivity contribution in [1.82, 2.24) is 4.98 Å². The van der Waals surface area contributed by atoms with E-state index in [1.54, 1.807) is 11.3 Å². The van der Waals surface area contributed by atoms with E-state index < -0.39 is 0 Å². The van der Waals surface area contributed by atoms with Crippen LogP contribution in [0.4, 0.5) is 5.13 Å². The molecule has 0 N–H and O–H groups in total. The summed E-state index contributed by atoms with van der Waals surface area (Å²) in [5.74, 6) is 0. The highest BCUT2D eigenvalue weighted by Crippen LogP contribution is 2.24. The Bertz CT molecular complexity index is 991. The number of rotatable bonds is 6. The molecule has 2 nitrogen and oxygen atoms in total. The first-order valence-electron chi connectivity index (χ1n) is 8.97. The van der Waals surface area contributed by atoms with Gasteiger partial charge in [-0.25, -0.2) is 4.98 Å². The quantitative estimate of drug-likeness (QED) is 0.429. The van der Waals surface area contributed by atoms with Crippen molar-refractivity contribution in [2.24, 2.45) is 0 Å². The van der Waals surface area contributed by atoms with Crippen LogP contribution in [0.2, 0.25) is 0 Å². The summed E-state index contributed by atoms with van der Waals surface area (Å²) in [6, 6.07) is 26.0. The van der Waals surface area contributed by atoms with Gasteiger partial charge < -0.3 is 4.90 Å². The Hall–Kier alpha value is -2.65. The predicted octanol–water partition coefficient (Wildman–Crippen LogP) is 5.85. The van der Waals surface area contributed by atoms with Gasteiger partial charge in [0.05, 0.1) is 0 Å². The fraction of sp³-hybridized carbons (Fsp3) is 0.174. The molecule has 0 fully saturated rings. The molecule has 0 radical (unpaired) electrons. The van der Waals surface area contributed by atoms with Gasteiger partial charge in [-0.05, 0) is 35.2 Å². The van der Waals surface area contributed by atoms with E-state index in [0.29, 0.717) is 0 Å². The molecule has 0 unspecified atom stereocenters. The first-order chi connectivity index (χ1) is 12.8.